The Hall–Kier alpha value is -6.62. The summed E-state index contributed by atoms with van der Waals surface area (Å²) in [5.41, 5.74) is -1.45. The fraction of sp³-hybridized carbons (Fsp3) is 0.464. The van der Waals surface area contributed by atoms with Crippen LogP contribution in [0.15, 0.2) is 85.5 Å². The van der Waals surface area contributed by atoms with Gasteiger partial charge in [-0.1, -0.05) is 24.3 Å². The molecule has 0 spiro atoms. The van der Waals surface area contributed by atoms with Crippen LogP contribution in [0, 0.1) is 0 Å². The number of hydrogen-bond acceptors (Lipinski definition) is 10. The van der Waals surface area contributed by atoms with Crippen LogP contribution in [0.3, 0.4) is 0 Å². The van der Waals surface area contributed by atoms with Gasteiger partial charge < -0.3 is 28.4 Å². The normalized spacial score (nSPS) is 20.9. The van der Waals surface area contributed by atoms with Gasteiger partial charge in [0.2, 0.25) is 0 Å². The number of aromatic nitrogens is 6. The summed E-state index contributed by atoms with van der Waals surface area (Å²) < 4.78 is 128. The molecule has 0 saturated carbocycles. The SMILES string of the molecule is C[C@@H](c1cc2c(c(C(F)(F)F)c1)CN(c1cccc(C3(Cc4nncn4C)COC3)c1)C2=O)N1CC(C)(F)C1.C[C@H](c1cc2c(c(C(F)(F)F)c1)CN(c1cccc(C3(Cc4nncn4C)COC3)c1)C2=O)N1CC(C)(F)C1. The van der Waals surface area contributed by atoms with Gasteiger partial charge in [-0.05, 0) is 110 Å². The summed E-state index contributed by atoms with van der Waals surface area (Å²) in [5, 5.41) is 16.3. The first-order valence-electron chi connectivity index (χ1n) is 25.7. The maximum absolute atomic E-state index is 14.2. The van der Waals surface area contributed by atoms with Crippen molar-refractivity contribution in [3.63, 3.8) is 0 Å². The van der Waals surface area contributed by atoms with Crippen molar-refractivity contribution in [2.45, 2.75) is 100 Å². The van der Waals surface area contributed by atoms with Gasteiger partial charge in [0.1, 0.15) is 35.6 Å². The van der Waals surface area contributed by atoms with Gasteiger partial charge in [-0.15, -0.1) is 20.4 Å². The molecule has 4 fully saturated rings. The van der Waals surface area contributed by atoms with Gasteiger partial charge in [0.05, 0.1) is 50.6 Å². The number of amides is 2. The minimum absolute atomic E-state index is 0.0337. The third kappa shape index (κ3) is 9.65. The standard InChI is InChI=1S/2C28H29F4N5O2/c2*1-17(36-12-26(2,29)13-36)18-7-21-22(23(8-18)28(30,31)32)11-37(25(21)38)20-6-4-5-19(9-20)27(14-39-15-27)10-24-34-33-16-35(24)3/h2*4-9,16-17H,10-15H2,1-3H3/t2*17-/m10/s1. The number of halogens is 8. The van der Waals surface area contributed by atoms with Crippen LogP contribution < -0.4 is 9.80 Å². The van der Waals surface area contributed by atoms with E-state index < -0.39 is 58.7 Å². The summed E-state index contributed by atoms with van der Waals surface area (Å²) in [4.78, 5) is 33.5. The Morgan fingerprint density at radius 2 is 0.949 bits per heavy atom. The number of hydrogen-bond donors (Lipinski definition) is 0. The molecular formula is C56H58F8N10O4. The highest BCUT2D eigenvalue weighted by Crippen LogP contribution is 2.46. The highest BCUT2D eigenvalue weighted by Gasteiger charge is 2.48. The molecule has 4 aromatic carbocycles. The van der Waals surface area contributed by atoms with Crippen molar-refractivity contribution in [1.82, 2.24) is 39.3 Å². The lowest BCUT2D eigenvalue weighted by Crippen LogP contribution is -2.57. The third-order valence-electron chi connectivity index (χ3n) is 16.6. The van der Waals surface area contributed by atoms with Gasteiger partial charge in [-0.3, -0.25) is 19.4 Å². The van der Waals surface area contributed by atoms with Crippen LogP contribution in [-0.4, -0.2) is 115 Å². The Balaban J connectivity index is 0.000000165. The fourth-order valence-corrected chi connectivity index (χ4v) is 11.8. The van der Waals surface area contributed by atoms with E-state index >= 15 is 0 Å². The number of anilines is 2. The number of rotatable bonds is 12. The first-order valence-corrected chi connectivity index (χ1v) is 25.7. The molecule has 12 rings (SSSR count). The van der Waals surface area contributed by atoms with Crippen LogP contribution in [-0.2, 0) is 72.7 Å². The number of fused-ring (bicyclic) bond motifs is 2. The van der Waals surface area contributed by atoms with Crippen molar-refractivity contribution in [2.24, 2.45) is 14.1 Å². The van der Waals surface area contributed by atoms with E-state index in [0.29, 0.717) is 61.8 Å². The fourth-order valence-electron chi connectivity index (χ4n) is 11.8. The summed E-state index contributed by atoms with van der Waals surface area (Å²) in [6, 6.07) is 19.1. The molecule has 0 unspecified atom stereocenters. The van der Waals surface area contributed by atoms with E-state index in [1.807, 2.05) is 59.6 Å². The molecule has 0 bridgehead atoms. The van der Waals surface area contributed by atoms with E-state index in [1.54, 1.807) is 60.6 Å². The van der Waals surface area contributed by atoms with Gasteiger partial charge >= 0.3 is 12.4 Å². The van der Waals surface area contributed by atoms with Crippen molar-refractivity contribution in [3.05, 3.63) is 153 Å². The number of likely N-dealkylation sites (tertiary alicyclic amines) is 2. The van der Waals surface area contributed by atoms with Crippen LogP contribution in [0.1, 0.15) is 117 Å². The van der Waals surface area contributed by atoms with Gasteiger partial charge in [-0.25, -0.2) is 8.78 Å². The lowest BCUT2D eigenvalue weighted by atomic mass is 9.75. The van der Waals surface area contributed by atoms with Crippen molar-refractivity contribution in [3.8, 4) is 0 Å². The van der Waals surface area contributed by atoms with E-state index in [9.17, 15) is 44.7 Å². The number of benzene rings is 4. The number of aryl methyl sites for hydroxylation is 2. The van der Waals surface area contributed by atoms with E-state index in [0.717, 1.165) is 34.9 Å². The molecule has 14 nitrogen and oxygen atoms in total. The Morgan fingerprint density at radius 1 is 0.577 bits per heavy atom. The number of alkyl halides is 8. The zero-order valence-electron chi connectivity index (χ0n) is 43.9. The molecule has 6 aromatic rings. The molecule has 4 saturated heterocycles. The maximum atomic E-state index is 14.2. The number of nitrogens with zero attached hydrogens (tertiary/aromatic N) is 10. The molecule has 2 atom stereocenters. The molecule has 412 valence electrons. The molecular weight excluding hydrogens is 1030 g/mol. The second-order valence-corrected chi connectivity index (χ2v) is 22.7. The zero-order valence-corrected chi connectivity index (χ0v) is 43.9. The van der Waals surface area contributed by atoms with Crippen LogP contribution in [0.5, 0.6) is 0 Å². The summed E-state index contributed by atoms with van der Waals surface area (Å²) in [6.07, 6.45) is -4.85. The van der Waals surface area contributed by atoms with Crippen LogP contribution in [0.4, 0.5) is 46.5 Å². The summed E-state index contributed by atoms with van der Waals surface area (Å²) in [6.45, 7) is 8.49. The summed E-state index contributed by atoms with van der Waals surface area (Å²) in [7, 11) is 3.73. The van der Waals surface area contributed by atoms with Crippen molar-refractivity contribution in [2.75, 3.05) is 62.4 Å². The Bertz CT molecular complexity index is 3090. The largest absolute Gasteiger partial charge is 0.416 e. The van der Waals surface area contributed by atoms with Gasteiger partial charge in [0, 0.05) is 98.5 Å². The molecule has 2 aromatic heterocycles. The zero-order chi connectivity index (χ0) is 55.5. The number of carbonyl (C=O) groups excluding carboxylic acids is 2. The Labute approximate surface area is 444 Å². The first kappa shape index (κ1) is 53.4. The third-order valence-corrected chi connectivity index (χ3v) is 16.6. The molecule has 8 heterocycles. The van der Waals surface area contributed by atoms with E-state index in [4.69, 9.17) is 9.47 Å². The molecule has 22 heteroatoms. The first-order chi connectivity index (χ1) is 36.7. The smallest absolute Gasteiger partial charge is 0.379 e. The minimum atomic E-state index is -4.63. The molecule has 0 N–H and O–H groups in total. The van der Waals surface area contributed by atoms with Gasteiger partial charge in [-0.2, -0.15) is 26.3 Å². The van der Waals surface area contributed by atoms with Gasteiger partial charge in [0.25, 0.3) is 11.8 Å². The predicted molar refractivity (Wildman–Crippen MR) is 270 cm³/mol. The Kier molecular flexibility index (Phi) is 13.0. The summed E-state index contributed by atoms with van der Waals surface area (Å²) >= 11 is 0. The van der Waals surface area contributed by atoms with Crippen LogP contribution in [0.25, 0.3) is 0 Å². The average molecular weight is 1090 g/mol. The van der Waals surface area contributed by atoms with E-state index in [2.05, 4.69) is 20.4 Å². The molecule has 6 aliphatic rings. The van der Waals surface area contributed by atoms with Crippen LogP contribution in [0.2, 0.25) is 0 Å². The minimum Gasteiger partial charge on any atom is -0.379 e. The van der Waals surface area contributed by atoms with Crippen molar-refractivity contribution >= 4 is 23.2 Å². The van der Waals surface area contributed by atoms with Gasteiger partial charge in [0.15, 0.2) is 0 Å². The molecule has 0 aliphatic carbocycles. The lowest BCUT2D eigenvalue weighted by molar-refractivity contribution is -0.139. The Morgan fingerprint density at radius 3 is 1.24 bits per heavy atom. The molecule has 0 radical (unpaired) electrons. The average Bonchev–Trinajstić information content (AvgIpc) is 4.22. The van der Waals surface area contributed by atoms with Crippen molar-refractivity contribution < 1.29 is 54.2 Å². The topological polar surface area (TPSA) is 127 Å². The van der Waals surface area contributed by atoms with E-state index in [1.165, 1.54) is 23.6 Å². The van der Waals surface area contributed by atoms with E-state index in [-0.39, 0.29) is 72.4 Å². The summed E-state index contributed by atoms with van der Waals surface area (Å²) in [5.74, 6) is 0.626. The maximum Gasteiger partial charge on any atom is 0.416 e. The predicted octanol–water partition coefficient (Wildman–Crippen LogP) is 9.22. The lowest BCUT2D eigenvalue weighted by Gasteiger charge is -2.46. The second-order valence-electron chi connectivity index (χ2n) is 22.7. The van der Waals surface area contributed by atoms with Crippen LogP contribution >= 0.6 is 0 Å². The molecule has 6 aliphatic heterocycles. The quantitative estimate of drug-likeness (QED) is 0.110. The molecule has 78 heavy (non-hydrogen) atoms. The number of carbonyl (C=O) groups is 2. The van der Waals surface area contributed by atoms with Crippen molar-refractivity contribution in [1.29, 1.82) is 0 Å². The molecule has 2 amide bonds. The highest BCUT2D eigenvalue weighted by atomic mass is 19.4. The monoisotopic (exact) mass is 1090 g/mol. The number of ether oxygens (including phenoxy) is 2. The second kappa shape index (κ2) is 19.0. The highest BCUT2D eigenvalue weighted by molar-refractivity contribution is 6.11.